The molecule has 2 aliphatic carbocycles. The lowest BCUT2D eigenvalue weighted by atomic mass is 9.85. The molecule has 0 saturated carbocycles. The second-order valence-corrected chi connectivity index (χ2v) is 4.37. The van der Waals surface area contributed by atoms with E-state index in [1.165, 1.54) is 0 Å². The number of allylic oxidation sites excluding steroid dienone is 4. The number of hydrogen-bond donors (Lipinski definition) is 2. The molecule has 0 aromatic heterocycles. The van der Waals surface area contributed by atoms with Crippen LogP contribution in [0.2, 0.25) is 0 Å². The lowest BCUT2D eigenvalue weighted by Crippen LogP contribution is -2.40. The first-order valence-electron chi connectivity index (χ1n) is 5.65. The number of ketones is 1. The summed E-state index contributed by atoms with van der Waals surface area (Å²) in [6, 6.07) is 0.0748. The van der Waals surface area contributed by atoms with Crippen molar-refractivity contribution in [1.29, 1.82) is 0 Å². The summed E-state index contributed by atoms with van der Waals surface area (Å²) < 4.78 is 0. The van der Waals surface area contributed by atoms with Gasteiger partial charge in [0.25, 0.3) is 0 Å². The monoisotopic (exact) mass is 214 g/mol. The van der Waals surface area contributed by atoms with Gasteiger partial charge in [-0.15, -0.1) is 0 Å². The summed E-state index contributed by atoms with van der Waals surface area (Å²) in [6.07, 6.45) is 10.5. The summed E-state index contributed by atoms with van der Waals surface area (Å²) in [6.45, 7) is 0. The van der Waals surface area contributed by atoms with Crippen molar-refractivity contribution in [3.63, 3.8) is 0 Å². The fourth-order valence-electron chi connectivity index (χ4n) is 2.54. The zero-order valence-electron chi connectivity index (χ0n) is 8.99. The average molecular weight is 214 g/mol. The number of carbonyl (C=O) groups is 1. The molecule has 0 saturated heterocycles. The number of hydrogen-bond acceptors (Lipinski definition) is 3. The summed E-state index contributed by atoms with van der Waals surface area (Å²) in [7, 11) is 0. The van der Waals surface area contributed by atoms with Crippen LogP contribution in [0.4, 0.5) is 0 Å². The maximum Gasteiger partial charge on any atom is 0.179 e. The first kappa shape index (κ1) is 9.46. The van der Waals surface area contributed by atoms with E-state index >= 15 is 0 Å². The van der Waals surface area contributed by atoms with Gasteiger partial charge in [-0.1, -0.05) is 24.3 Å². The number of Topliss-reactive ketones (excluding diaryl/α,β-unsaturated/α-hetero) is 1. The Morgan fingerprint density at radius 1 is 1.31 bits per heavy atom. The molecule has 0 fully saturated rings. The molecule has 82 valence electrons. The Bertz CT molecular complexity index is 480. The molecule has 3 N–H and O–H groups in total. The van der Waals surface area contributed by atoms with E-state index in [0.29, 0.717) is 6.42 Å². The molecule has 3 aliphatic rings. The van der Waals surface area contributed by atoms with Crippen molar-refractivity contribution in [3.05, 3.63) is 46.8 Å². The highest BCUT2D eigenvalue weighted by molar-refractivity contribution is 5.97. The van der Waals surface area contributed by atoms with Crippen LogP contribution in [0.5, 0.6) is 0 Å². The topological polar surface area (TPSA) is 55.1 Å². The zero-order chi connectivity index (χ0) is 11.1. The Labute approximate surface area is 94.4 Å². The van der Waals surface area contributed by atoms with E-state index in [0.717, 1.165) is 35.4 Å². The van der Waals surface area contributed by atoms with Gasteiger partial charge in [0.1, 0.15) is 0 Å². The number of nitrogens with two attached hydrogens (primary N) is 1. The lowest BCUT2D eigenvalue weighted by molar-refractivity contribution is -0.116. The summed E-state index contributed by atoms with van der Waals surface area (Å²) in [5, 5.41) is 3.29. The fraction of sp³-hybridized carbons (Fsp3) is 0.308. The Morgan fingerprint density at radius 3 is 3.06 bits per heavy atom. The van der Waals surface area contributed by atoms with E-state index in [1.54, 1.807) is 0 Å². The molecular formula is C13H14N2O. The number of dihydropyridines is 1. The van der Waals surface area contributed by atoms with Crippen molar-refractivity contribution in [3.8, 4) is 0 Å². The van der Waals surface area contributed by atoms with E-state index in [1.807, 2.05) is 24.3 Å². The molecule has 0 aromatic carbocycles. The summed E-state index contributed by atoms with van der Waals surface area (Å²) in [5.41, 5.74) is 9.81. The molecule has 1 unspecified atom stereocenters. The molecule has 1 heterocycles. The number of nitrogens with one attached hydrogen (secondary N) is 1. The molecular weight excluding hydrogens is 200 g/mol. The van der Waals surface area contributed by atoms with Crippen molar-refractivity contribution >= 4 is 5.78 Å². The summed E-state index contributed by atoms with van der Waals surface area (Å²) in [4.78, 5) is 11.8. The van der Waals surface area contributed by atoms with Gasteiger partial charge in [0, 0.05) is 23.3 Å². The minimum absolute atomic E-state index is 0.0748. The normalized spacial score (nSPS) is 27.8. The largest absolute Gasteiger partial charge is 0.398 e. The van der Waals surface area contributed by atoms with Crippen molar-refractivity contribution in [2.24, 2.45) is 5.73 Å². The van der Waals surface area contributed by atoms with E-state index in [9.17, 15) is 4.79 Å². The number of rotatable bonds is 0. The maximum atomic E-state index is 11.8. The van der Waals surface area contributed by atoms with Crippen LogP contribution < -0.4 is 11.1 Å². The van der Waals surface area contributed by atoms with E-state index < -0.39 is 0 Å². The van der Waals surface area contributed by atoms with Crippen molar-refractivity contribution < 1.29 is 4.79 Å². The van der Waals surface area contributed by atoms with Gasteiger partial charge in [-0.05, 0) is 12.8 Å². The van der Waals surface area contributed by atoms with Crippen LogP contribution in [0.15, 0.2) is 46.8 Å². The van der Waals surface area contributed by atoms with Gasteiger partial charge in [0.15, 0.2) is 5.78 Å². The maximum absolute atomic E-state index is 11.8. The highest BCUT2D eigenvalue weighted by Crippen LogP contribution is 2.32. The number of carbonyl (C=O) groups excluding carboxylic acids is 1. The van der Waals surface area contributed by atoms with E-state index in [2.05, 4.69) is 5.32 Å². The van der Waals surface area contributed by atoms with Crippen molar-refractivity contribution in [2.75, 3.05) is 0 Å². The lowest BCUT2D eigenvalue weighted by Gasteiger charge is -2.32. The summed E-state index contributed by atoms with van der Waals surface area (Å²) >= 11 is 0. The van der Waals surface area contributed by atoms with Crippen molar-refractivity contribution in [1.82, 2.24) is 5.32 Å². The van der Waals surface area contributed by atoms with Gasteiger partial charge in [-0.25, -0.2) is 0 Å². The van der Waals surface area contributed by atoms with E-state index in [4.69, 9.17) is 5.73 Å². The molecule has 3 heteroatoms. The third-order valence-corrected chi connectivity index (χ3v) is 3.37. The third-order valence-electron chi connectivity index (χ3n) is 3.37. The highest BCUT2D eigenvalue weighted by Gasteiger charge is 2.30. The predicted molar refractivity (Wildman–Crippen MR) is 62.3 cm³/mol. The van der Waals surface area contributed by atoms with Gasteiger partial charge in [0.2, 0.25) is 0 Å². The van der Waals surface area contributed by atoms with Gasteiger partial charge in [-0.3, -0.25) is 4.79 Å². The van der Waals surface area contributed by atoms with Gasteiger partial charge < -0.3 is 11.1 Å². The van der Waals surface area contributed by atoms with Crippen LogP contribution >= 0.6 is 0 Å². The molecule has 1 aliphatic heterocycles. The quantitative estimate of drug-likeness (QED) is 0.639. The zero-order valence-corrected chi connectivity index (χ0v) is 8.99. The fourth-order valence-corrected chi connectivity index (χ4v) is 2.54. The molecule has 0 aromatic rings. The molecule has 0 radical (unpaired) electrons. The number of fused-ring (bicyclic) bond motifs is 1. The second-order valence-electron chi connectivity index (χ2n) is 4.37. The molecule has 3 rings (SSSR count). The molecule has 0 bridgehead atoms. The molecule has 1 atom stereocenters. The molecule has 0 spiro atoms. The summed E-state index contributed by atoms with van der Waals surface area (Å²) in [5.74, 6) is 0.200. The highest BCUT2D eigenvalue weighted by atomic mass is 16.1. The first-order valence-corrected chi connectivity index (χ1v) is 5.65. The van der Waals surface area contributed by atoms with Crippen LogP contribution in [0.3, 0.4) is 0 Å². The minimum Gasteiger partial charge on any atom is -0.398 e. The van der Waals surface area contributed by atoms with Crippen LogP contribution in [0, 0.1) is 0 Å². The van der Waals surface area contributed by atoms with Gasteiger partial charge in [0.05, 0.1) is 11.7 Å². The van der Waals surface area contributed by atoms with Crippen LogP contribution in [-0.4, -0.2) is 11.8 Å². The molecule has 3 nitrogen and oxygen atoms in total. The predicted octanol–water partition coefficient (Wildman–Crippen LogP) is 1.30. The van der Waals surface area contributed by atoms with Crippen LogP contribution in [0.1, 0.15) is 19.3 Å². The molecule has 16 heavy (non-hydrogen) atoms. The minimum atomic E-state index is 0.0748. The van der Waals surface area contributed by atoms with Gasteiger partial charge >= 0.3 is 0 Å². The van der Waals surface area contributed by atoms with Crippen LogP contribution in [0.25, 0.3) is 0 Å². The Balaban J connectivity index is 2.12. The standard InChI is InChI=1S/C13H14N2O/c14-12-8-4-1-2-6-10(8)15-13-9(12)5-3-7-11(13)16/h1-2,4,6,10,15H,3,5,7,14H2. The average Bonchev–Trinajstić information content (AvgIpc) is 2.31. The smallest absolute Gasteiger partial charge is 0.179 e. The molecule has 0 amide bonds. The van der Waals surface area contributed by atoms with Crippen molar-refractivity contribution in [2.45, 2.75) is 25.3 Å². The Morgan fingerprint density at radius 2 is 2.19 bits per heavy atom. The van der Waals surface area contributed by atoms with Crippen LogP contribution in [-0.2, 0) is 4.79 Å². The second kappa shape index (κ2) is 3.37. The first-order chi connectivity index (χ1) is 7.77. The van der Waals surface area contributed by atoms with Gasteiger partial charge in [-0.2, -0.15) is 0 Å². The van der Waals surface area contributed by atoms with E-state index in [-0.39, 0.29) is 11.8 Å². The Hall–Kier alpha value is -1.77. The Kier molecular flexibility index (Phi) is 1.99. The SMILES string of the molecule is NC1=C2C=CC=CC2NC2=C1CCCC2=O. The third kappa shape index (κ3) is 1.24.